The summed E-state index contributed by atoms with van der Waals surface area (Å²) < 4.78 is 78.2. The molecule has 37 heavy (non-hydrogen) atoms. The lowest BCUT2D eigenvalue weighted by molar-refractivity contribution is -0.248. The SMILES string of the molecule is CCC1(OC(=O)COC23CC4CC(C2)CC(OC(=O)C(F)(F)S(=O)(=O)[O-])(C4)C3)C2CC3CC(C2)CC1C3. The summed E-state index contributed by atoms with van der Waals surface area (Å²) in [5.74, 6) is -0.411. The van der Waals surface area contributed by atoms with Crippen LogP contribution in [0.2, 0.25) is 0 Å². The lowest BCUT2D eigenvalue weighted by atomic mass is 9.49. The average Bonchev–Trinajstić information content (AvgIpc) is 2.78. The van der Waals surface area contributed by atoms with Crippen molar-refractivity contribution in [1.29, 1.82) is 0 Å². The summed E-state index contributed by atoms with van der Waals surface area (Å²) in [6.07, 6.45) is 9.28. The Bertz CT molecular complexity index is 1050. The van der Waals surface area contributed by atoms with Crippen molar-refractivity contribution in [3.05, 3.63) is 0 Å². The van der Waals surface area contributed by atoms with Crippen LogP contribution in [0.25, 0.3) is 0 Å². The molecule has 0 aromatic rings. The summed E-state index contributed by atoms with van der Waals surface area (Å²) in [7, 11) is -6.20. The quantitative estimate of drug-likeness (QED) is 0.333. The average molecular weight is 546 g/mol. The van der Waals surface area contributed by atoms with Crippen molar-refractivity contribution in [3.63, 3.8) is 0 Å². The Hall–Kier alpha value is -1.33. The molecule has 0 radical (unpaired) electrons. The van der Waals surface area contributed by atoms with Gasteiger partial charge in [0.15, 0.2) is 10.1 Å². The molecule has 8 aliphatic carbocycles. The van der Waals surface area contributed by atoms with Crippen molar-refractivity contribution in [2.75, 3.05) is 6.61 Å². The molecule has 208 valence electrons. The van der Waals surface area contributed by atoms with Gasteiger partial charge in [0.1, 0.15) is 17.8 Å². The molecule has 8 rings (SSSR count). The number of carbonyl (C=O) groups is 2. The van der Waals surface area contributed by atoms with Crippen LogP contribution >= 0.6 is 0 Å². The van der Waals surface area contributed by atoms with E-state index in [4.69, 9.17) is 14.2 Å². The summed E-state index contributed by atoms with van der Waals surface area (Å²) >= 11 is 0. The van der Waals surface area contributed by atoms with Crippen molar-refractivity contribution >= 4 is 22.1 Å². The monoisotopic (exact) mass is 545 g/mol. The molecular weight excluding hydrogens is 510 g/mol. The van der Waals surface area contributed by atoms with Crippen LogP contribution in [0, 0.1) is 35.5 Å². The van der Waals surface area contributed by atoms with Crippen LogP contribution in [0.3, 0.4) is 0 Å². The van der Waals surface area contributed by atoms with Crippen LogP contribution in [0.5, 0.6) is 0 Å². The fraction of sp³-hybridized carbons (Fsp3) is 0.923. The highest BCUT2D eigenvalue weighted by molar-refractivity contribution is 7.87. The van der Waals surface area contributed by atoms with Gasteiger partial charge in [-0.3, -0.25) is 0 Å². The van der Waals surface area contributed by atoms with Gasteiger partial charge in [-0.25, -0.2) is 18.0 Å². The van der Waals surface area contributed by atoms with Crippen molar-refractivity contribution < 1.29 is 45.6 Å². The van der Waals surface area contributed by atoms with E-state index in [1.54, 1.807) is 0 Å². The lowest BCUT2D eigenvalue weighted by Gasteiger charge is -2.61. The normalized spacial score (nSPS) is 45.7. The van der Waals surface area contributed by atoms with Gasteiger partial charge in [0.2, 0.25) is 0 Å². The standard InChI is InChI=1S/C26H36F2O8S/c1-2-25(19-5-15-3-16(7-19)8-20(25)6-15)35-21(29)13-34-23-9-17-4-18(10-23)12-24(11-17,14-23)36-22(30)26(27,28)37(31,32)33/h15-20H,2-14H2,1H3,(H,31,32,33)/p-1. The van der Waals surface area contributed by atoms with Gasteiger partial charge in [-0.1, -0.05) is 6.92 Å². The first kappa shape index (κ1) is 25.9. The van der Waals surface area contributed by atoms with Crippen molar-refractivity contribution in [2.45, 2.75) is 106 Å². The number of esters is 2. The number of hydrogen-bond donors (Lipinski definition) is 0. The summed E-state index contributed by atoms with van der Waals surface area (Å²) in [5, 5.41) is -5.15. The first-order chi connectivity index (χ1) is 17.3. The molecule has 0 amide bonds. The van der Waals surface area contributed by atoms with E-state index in [9.17, 15) is 31.3 Å². The Kier molecular flexibility index (Phi) is 5.84. The topological polar surface area (TPSA) is 119 Å². The number of alkyl halides is 2. The lowest BCUT2D eigenvalue weighted by Crippen LogP contribution is -2.63. The number of carbonyl (C=O) groups excluding carboxylic acids is 2. The molecule has 8 nitrogen and oxygen atoms in total. The molecule has 0 spiro atoms. The molecule has 0 heterocycles. The van der Waals surface area contributed by atoms with Crippen LogP contribution in [0.15, 0.2) is 0 Å². The van der Waals surface area contributed by atoms with Crippen molar-refractivity contribution in [3.8, 4) is 0 Å². The minimum absolute atomic E-state index is 0.0361. The fourth-order valence-electron chi connectivity index (χ4n) is 9.99. The molecular formula is C26H35F2O8S-. The van der Waals surface area contributed by atoms with E-state index in [-0.39, 0.29) is 24.9 Å². The minimum Gasteiger partial charge on any atom is -0.743 e. The largest absolute Gasteiger partial charge is 0.743 e. The van der Waals surface area contributed by atoms with Crippen LogP contribution in [-0.2, 0) is 33.9 Å². The highest BCUT2D eigenvalue weighted by Gasteiger charge is 2.63. The molecule has 2 unspecified atom stereocenters. The van der Waals surface area contributed by atoms with Gasteiger partial charge >= 0.3 is 17.2 Å². The fourth-order valence-corrected chi connectivity index (χ4v) is 10.2. The predicted octanol–water partition coefficient (Wildman–Crippen LogP) is 3.92. The summed E-state index contributed by atoms with van der Waals surface area (Å²) in [5.41, 5.74) is -2.61. The van der Waals surface area contributed by atoms with Gasteiger partial charge in [0.05, 0.1) is 5.60 Å². The number of ether oxygens (including phenoxy) is 3. The number of halogens is 2. The molecule has 8 aliphatic rings. The second-order valence-corrected chi connectivity index (χ2v) is 14.5. The van der Waals surface area contributed by atoms with Gasteiger partial charge in [0.25, 0.3) is 0 Å². The summed E-state index contributed by atoms with van der Waals surface area (Å²) in [6.45, 7) is 1.83. The number of hydrogen-bond acceptors (Lipinski definition) is 8. The van der Waals surface area contributed by atoms with E-state index in [1.165, 1.54) is 6.42 Å². The number of rotatable bonds is 8. The van der Waals surface area contributed by atoms with E-state index < -0.39 is 44.1 Å². The van der Waals surface area contributed by atoms with Crippen molar-refractivity contribution in [1.82, 2.24) is 0 Å². The van der Waals surface area contributed by atoms with Gasteiger partial charge in [-0.15, -0.1) is 0 Å². The van der Waals surface area contributed by atoms with E-state index in [2.05, 4.69) is 6.92 Å². The first-order valence-corrected chi connectivity index (χ1v) is 15.1. The third-order valence-corrected chi connectivity index (χ3v) is 11.5. The van der Waals surface area contributed by atoms with E-state index in [0.717, 1.165) is 50.4 Å². The van der Waals surface area contributed by atoms with Crippen molar-refractivity contribution in [2.24, 2.45) is 35.5 Å². The zero-order chi connectivity index (χ0) is 26.4. The highest BCUT2D eigenvalue weighted by Crippen LogP contribution is 2.62. The zero-order valence-corrected chi connectivity index (χ0v) is 21.9. The maximum Gasteiger partial charge on any atom is 0.428 e. The third kappa shape index (κ3) is 4.13. The van der Waals surface area contributed by atoms with Crippen LogP contribution in [0.1, 0.15) is 84.0 Å². The molecule has 0 aromatic carbocycles. The summed E-state index contributed by atoms with van der Waals surface area (Å²) in [4.78, 5) is 25.3. The maximum absolute atomic E-state index is 13.9. The van der Waals surface area contributed by atoms with E-state index in [1.807, 2.05) is 0 Å². The molecule has 0 aromatic heterocycles. The van der Waals surface area contributed by atoms with Crippen LogP contribution < -0.4 is 0 Å². The molecule has 8 bridgehead atoms. The Balaban J connectivity index is 1.14. The second kappa shape index (κ2) is 8.34. The second-order valence-electron chi connectivity index (χ2n) is 13.1. The molecule has 8 fully saturated rings. The van der Waals surface area contributed by atoms with Crippen LogP contribution in [-0.4, -0.2) is 53.6 Å². The highest BCUT2D eigenvalue weighted by atomic mass is 32.2. The minimum atomic E-state index is -6.20. The predicted molar refractivity (Wildman–Crippen MR) is 123 cm³/mol. The molecule has 2 atom stereocenters. The molecule has 0 aliphatic heterocycles. The first-order valence-electron chi connectivity index (χ1n) is 13.7. The van der Waals surface area contributed by atoms with E-state index >= 15 is 0 Å². The van der Waals surface area contributed by atoms with Crippen LogP contribution in [0.4, 0.5) is 8.78 Å². The Labute approximate surface area is 215 Å². The van der Waals surface area contributed by atoms with Gasteiger partial charge < -0.3 is 18.8 Å². The maximum atomic E-state index is 13.9. The van der Waals surface area contributed by atoms with Gasteiger partial charge in [0, 0.05) is 6.42 Å². The Morgan fingerprint density at radius 3 is 1.89 bits per heavy atom. The smallest absolute Gasteiger partial charge is 0.428 e. The van der Waals surface area contributed by atoms with E-state index in [0.29, 0.717) is 37.5 Å². The van der Waals surface area contributed by atoms with Gasteiger partial charge in [-0.2, -0.15) is 8.78 Å². The molecule has 8 saturated carbocycles. The summed E-state index contributed by atoms with van der Waals surface area (Å²) in [6, 6.07) is 0. The molecule has 0 N–H and O–H groups in total. The van der Waals surface area contributed by atoms with Gasteiger partial charge in [-0.05, 0) is 106 Å². The third-order valence-electron chi connectivity index (χ3n) is 10.7. The Morgan fingerprint density at radius 1 is 0.865 bits per heavy atom. The molecule has 0 saturated heterocycles. The Morgan fingerprint density at radius 2 is 1.38 bits per heavy atom. The zero-order valence-electron chi connectivity index (χ0n) is 21.1. The molecule has 11 heteroatoms.